The highest BCUT2D eigenvalue weighted by Crippen LogP contribution is 2.34. The topological polar surface area (TPSA) is 57.3 Å². The highest BCUT2D eigenvalue weighted by Gasteiger charge is 2.17. The fourth-order valence-corrected chi connectivity index (χ4v) is 2.97. The van der Waals surface area contributed by atoms with E-state index in [4.69, 9.17) is 4.74 Å². The van der Waals surface area contributed by atoms with Gasteiger partial charge in [-0.15, -0.1) is 0 Å². The second kappa shape index (κ2) is 6.38. The summed E-state index contributed by atoms with van der Waals surface area (Å²) in [5, 5.41) is 13.0. The lowest BCUT2D eigenvalue weighted by molar-refractivity contribution is -0.384. The van der Waals surface area contributed by atoms with E-state index in [9.17, 15) is 10.1 Å². The first kappa shape index (κ1) is 15.5. The number of nitro benzene ring substituents is 1. The highest BCUT2D eigenvalue weighted by molar-refractivity contribution is 6.08. The van der Waals surface area contributed by atoms with E-state index >= 15 is 0 Å². The molecule has 0 saturated heterocycles. The van der Waals surface area contributed by atoms with Crippen molar-refractivity contribution < 1.29 is 9.66 Å². The maximum Gasteiger partial charge on any atom is 0.270 e. The molecule has 1 atom stereocenters. The number of hydrogen-bond donors (Lipinski definition) is 0. The largest absolute Gasteiger partial charge is 0.358 e. The Morgan fingerprint density at radius 2 is 1.91 bits per heavy atom. The molecule has 0 N–H and O–H groups in total. The van der Waals surface area contributed by atoms with Crippen LogP contribution in [0.1, 0.15) is 32.9 Å². The van der Waals surface area contributed by atoms with Crippen LogP contribution in [0, 0.1) is 10.1 Å². The number of ether oxygens (including phenoxy) is 1. The van der Waals surface area contributed by atoms with Crippen molar-refractivity contribution in [1.29, 1.82) is 0 Å². The van der Waals surface area contributed by atoms with E-state index in [1.165, 1.54) is 0 Å². The smallest absolute Gasteiger partial charge is 0.270 e. The molecule has 5 heteroatoms. The maximum absolute atomic E-state index is 11.1. The van der Waals surface area contributed by atoms with E-state index in [2.05, 4.69) is 11.5 Å². The highest BCUT2D eigenvalue weighted by atomic mass is 16.6. The number of nitro groups is 1. The number of benzene rings is 2. The van der Waals surface area contributed by atoms with E-state index in [-0.39, 0.29) is 16.8 Å². The van der Waals surface area contributed by atoms with Crippen LogP contribution in [0.2, 0.25) is 0 Å². The molecule has 3 aromatic rings. The Bertz CT molecular complexity index is 854. The Morgan fingerprint density at radius 1 is 1.17 bits per heavy atom. The summed E-state index contributed by atoms with van der Waals surface area (Å²) < 4.78 is 8.06. The molecule has 2 aromatic carbocycles. The second-order valence-electron chi connectivity index (χ2n) is 5.67. The predicted molar refractivity (Wildman–Crippen MR) is 91.7 cm³/mol. The zero-order valence-electron chi connectivity index (χ0n) is 13.4. The summed E-state index contributed by atoms with van der Waals surface area (Å²) in [6.45, 7) is 4.86. The summed E-state index contributed by atoms with van der Waals surface area (Å²) in [5.74, 6) is 0. The second-order valence-corrected chi connectivity index (χ2v) is 5.67. The molecule has 1 heterocycles. The number of rotatable bonds is 6. The molecule has 0 spiro atoms. The van der Waals surface area contributed by atoms with Gasteiger partial charge in [-0.25, -0.2) is 0 Å². The summed E-state index contributed by atoms with van der Waals surface area (Å²) in [4.78, 5) is 10.7. The van der Waals surface area contributed by atoms with Gasteiger partial charge in [-0.1, -0.05) is 31.5 Å². The maximum atomic E-state index is 11.1. The molecule has 0 aliphatic carbocycles. The van der Waals surface area contributed by atoms with E-state index < -0.39 is 0 Å². The van der Waals surface area contributed by atoms with Gasteiger partial charge in [0, 0.05) is 29.5 Å². The number of para-hydroxylation sites is 1. The number of unbranched alkanes of at least 4 members (excludes halogenated alkanes) is 1. The predicted octanol–water partition coefficient (Wildman–Crippen LogP) is 5.04. The van der Waals surface area contributed by atoms with Crippen LogP contribution in [0.4, 0.5) is 5.69 Å². The molecular formula is C18H20N2O3. The fourth-order valence-electron chi connectivity index (χ4n) is 2.97. The lowest BCUT2D eigenvalue weighted by Crippen LogP contribution is -2.10. The Kier molecular flexibility index (Phi) is 4.30. The molecule has 0 fully saturated rings. The first-order valence-corrected chi connectivity index (χ1v) is 7.92. The third-order valence-electron chi connectivity index (χ3n) is 4.12. The van der Waals surface area contributed by atoms with Crippen LogP contribution in [-0.2, 0) is 4.74 Å². The van der Waals surface area contributed by atoms with Gasteiger partial charge in [0.1, 0.15) is 6.23 Å². The number of fused-ring (bicyclic) bond motifs is 3. The van der Waals surface area contributed by atoms with Crippen molar-refractivity contribution in [3.05, 3.63) is 52.6 Å². The Hall–Kier alpha value is -2.40. The number of non-ortho nitro benzene ring substituents is 1. The van der Waals surface area contributed by atoms with Crippen molar-refractivity contribution in [3.63, 3.8) is 0 Å². The van der Waals surface area contributed by atoms with Crippen molar-refractivity contribution in [2.75, 3.05) is 6.61 Å². The van der Waals surface area contributed by atoms with Crippen molar-refractivity contribution >= 4 is 27.5 Å². The minimum atomic E-state index is -0.354. The SMILES string of the molecule is CCCCO[C@H](C)n1c2ccccc2c2cc([N+](=O)[O-])ccc21. The van der Waals surface area contributed by atoms with Crippen molar-refractivity contribution in [3.8, 4) is 0 Å². The van der Waals surface area contributed by atoms with Gasteiger partial charge >= 0.3 is 0 Å². The third kappa shape index (κ3) is 2.80. The van der Waals surface area contributed by atoms with Crippen molar-refractivity contribution in [2.45, 2.75) is 32.9 Å². The summed E-state index contributed by atoms with van der Waals surface area (Å²) >= 11 is 0. The van der Waals surface area contributed by atoms with Gasteiger partial charge < -0.3 is 9.30 Å². The summed E-state index contributed by atoms with van der Waals surface area (Å²) in [6, 6.07) is 13.0. The molecule has 0 radical (unpaired) electrons. The van der Waals surface area contributed by atoms with Gasteiger partial charge in [0.2, 0.25) is 0 Å². The van der Waals surface area contributed by atoms with Gasteiger partial charge in [-0.05, 0) is 25.5 Å². The van der Waals surface area contributed by atoms with Crippen molar-refractivity contribution in [2.24, 2.45) is 0 Å². The number of nitrogens with zero attached hydrogens (tertiary/aromatic N) is 2. The van der Waals surface area contributed by atoms with Crippen molar-refractivity contribution in [1.82, 2.24) is 4.57 Å². The van der Waals surface area contributed by atoms with E-state index in [0.717, 1.165) is 34.6 Å². The average molecular weight is 312 g/mol. The van der Waals surface area contributed by atoms with Crippen LogP contribution < -0.4 is 0 Å². The van der Waals surface area contributed by atoms with Gasteiger partial charge in [0.15, 0.2) is 0 Å². The zero-order valence-corrected chi connectivity index (χ0v) is 13.4. The minimum absolute atomic E-state index is 0.111. The molecule has 1 aromatic heterocycles. The van der Waals surface area contributed by atoms with E-state index in [0.29, 0.717) is 6.61 Å². The summed E-state index contributed by atoms with van der Waals surface area (Å²) in [7, 11) is 0. The van der Waals surface area contributed by atoms with Gasteiger partial charge in [-0.3, -0.25) is 10.1 Å². The van der Waals surface area contributed by atoms with Gasteiger partial charge in [0.05, 0.1) is 16.0 Å². The quantitative estimate of drug-likeness (QED) is 0.364. The van der Waals surface area contributed by atoms with Crippen LogP contribution in [-0.4, -0.2) is 16.1 Å². The molecule has 5 nitrogen and oxygen atoms in total. The standard InChI is InChI=1S/C18H20N2O3/c1-3-4-11-23-13(2)19-17-8-6-5-7-15(17)16-12-14(20(21)22)9-10-18(16)19/h5-10,12-13H,3-4,11H2,1-2H3/t13-/m1/s1. The molecule has 0 saturated carbocycles. The first-order valence-electron chi connectivity index (χ1n) is 7.92. The molecule has 0 bridgehead atoms. The van der Waals surface area contributed by atoms with Crippen LogP contribution in [0.25, 0.3) is 21.8 Å². The van der Waals surface area contributed by atoms with Crippen LogP contribution in [0.5, 0.6) is 0 Å². The first-order chi connectivity index (χ1) is 11.1. The molecule has 23 heavy (non-hydrogen) atoms. The van der Waals surface area contributed by atoms with Crippen LogP contribution in [0.15, 0.2) is 42.5 Å². The normalized spacial score (nSPS) is 12.8. The zero-order chi connectivity index (χ0) is 16.4. The molecule has 0 aliphatic heterocycles. The average Bonchev–Trinajstić information content (AvgIpc) is 2.88. The monoisotopic (exact) mass is 312 g/mol. The molecule has 120 valence electrons. The van der Waals surface area contributed by atoms with Crippen LogP contribution >= 0.6 is 0 Å². The lowest BCUT2D eigenvalue weighted by Gasteiger charge is -2.17. The molecular weight excluding hydrogens is 292 g/mol. The fraction of sp³-hybridized carbons (Fsp3) is 0.333. The Morgan fingerprint density at radius 3 is 2.65 bits per heavy atom. The summed E-state index contributed by atoms with van der Waals surface area (Å²) in [5.41, 5.74) is 2.10. The third-order valence-corrected chi connectivity index (χ3v) is 4.12. The number of hydrogen-bond acceptors (Lipinski definition) is 3. The van der Waals surface area contributed by atoms with Gasteiger partial charge in [0.25, 0.3) is 5.69 Å². The number of aromatic nitrogens is 1. The Labute approximate surface area is 134 Å². The molecule has 0 amide bonds. The Balaban J connectivity index is 2.16. The molecule has 0 aliphatic rings. The molecule has 3 rings (SSSR count). The van der Waals surface area contributed by atoms with E-state index in [1.54, 1.807) is 12.1 Å². The van der Waals surface area contributed by atoms with Gasteiger partial charge in [-0.2, -0.15) is 0 Å². The summed E-state index contributed by atoms with van der Waals surface area (Å²) in [6.07, 6.45) is 1.99. The lowest BCUT2D eigenvalue weighted by atomic mass is 10.1. The molecule has 0 unspecified atom stereocenters. The van der Waals surface area contributed by atoms with Crippen LogP contribution in [0.3, 0.4) is 0 Å². The minimum Gasteiger partial charge on any atom is -0.358 e. The van der Waals surface area contributed by atoms with E-state index in [1.807, 2.05) is 37.3 Å².